The number of hydrogen-bond donors (Lipinski definition) is 0. The molecule has 4 nitrogen and oxygen atoms in total. The second-order valence-electron chi connectivity index (χ2n) is 6.06. The highest BCUT2D eigenvalue weighted by molar-refractivity contribution is 5.75. The van der Waals surface area contributed by atoms with Crippen LogP contribution in [0.2, 0.25) is 0 Å². The van der Waals surface area contributed by atoms with Gasteiger partial charge in [-0.15, -0.1) is 0 Å². The van der Waals surface area contributed by atoms with Gasteiger partial charge in [-0.2, -0.15) is 0 Å². The third kappa shape index (κ3) is 3.45. The maximum absolute atomic E-state index is 11.8. The normalized spacial score (nSPS) is 28.7. The Kier molecular flexibility index (Phi) is 4.78. The second kappa shape index (κ2) is 5.57. The lowest BCUT2D eigenvalue weighted by Crippen LogP contribution is -2.34. The first-order valence-electron chi connectivity index (χ1n) is 6.70. The summed E-state index contributed by atoms with van der Waals surface area (Å²) in [7, 11) is 0. The fraction of sp³-hybridized carbons (Fsp3) is 0.929. The molecule has 1 aliphatic heterocycles. The van der Waals surface area contributed by atoms with Gasteiger partial charge in [0.1, 0.15) is 12.7 Å². The van der Waals surface area contributed by atoms with Crippen LogP contribution in [0.3, 0.4) is 0 Å². The highest BCUT2D eigenvalue weighted by Crippen LogP contribution is 2.31. The van der Waals surface area contributed by atoms with Crippen molar-refractivity contribution in [2.75, 3.05) is 13.2 Å². The van der Waals surface area contributed by atoms with Crippen molar-refractivity contribution >= 4 is 5.97 Å². The van der Waals surface area contributed by atoms with Crippen LogP contribution in [0, 0.1) is 11.3 Å². The number of hydrogen-bond acceptors (Lipinski definition) is 4. The number of ether oxygens (including phenoxy) is 3. The van der Waals surface area contributed by atoms with Crippen LogP contribution in [0.15, 0.2) is 0 Å². The van der Waals surface area contributed by atoms with Gasteiger partial charge in [0.25, 0.3) is 0 Å². The number of carbonyl (C=O) groups is 1. The molecule has 1 aliphatic rings. The molecule has 0 bridgehead atoms. The molecule has 1 rings (SSSR count). The summed E-state index contributed by atoms with van der Waals surface area (Å²) in [5, 5.41) is 0. The standard InChI is InChI=1S/C14H26O4/c1-7-13(4,5)12(15)16-8-11-9-17-14(6,18-11)10(2)3/h10-11H,7-9H2,1-6H3. The second-order valence-corrected chi connectivity index (χ2v) is 6.06. The molecule has 0 spiro atoms. The van der Waals surface area contributed by atoms with Crippen molar-refractivity contribution < 1.29 is 19.0 Å². The monoisotopic (exact) mass is 258 g/mol. The minimum atomic E-state index is -0.558. The fourth-order valence-corrected chi connectivity index (χ4v) is 1.55. The van der Waals surface area contributed by atoms with E-state index in [0.717, 1.165) is 6.42 Å². The van der Waals surface area contributed by atoms with Crippen LogP contribution in [0.5, 0.6) is 0 Å². The van der Waals surface area contributed by atoms with E-state index in [4.69, 9.17) is 14.2 Å². The van der Waals surface area contributed by atoms with Gasteiger partial charge in [0.15, 0.2) is 5.79 Å². The van der Waals surface area contributed by atoms with Crippen LogP contribution in [0.1, 0.15) is 48.0 Å². The van der Waals surface area contributed by atoms with Gasteiger partial charge in [-0.3, -0.25) is 4.79 Å². The molecule has 0 aromatic heterocycles. The van der Waals surface area contributed by atoms with Gasteiger partial charge < -0.3 is 14.2 Å². The maximum Gasteiger partial charge on any atom is 0.311 e. The molecule has 0 radical (unpaired) electrons. The quantitative estimate of drug-likeness (QED) is 0.711. The van der Waals surface area contributed by atoms with Gasteiger partial charge in [-0.25, -0.2) is 0 Å². The van der Waals surface area contributed by atoms with Crippen molar-refractivity contribution in [3.05, 3.63) is 0 Å². The van der Waals surface area contributed by atoms with E-state index in [9.17, 15) is 4.79 Å². The third-order valence-corrected chi connectivity index (χ3v) is 3.84. The van der Waals surface area contributed by atoms with Crippen molar-refractivity contribution in [1.82, 2.24) is 0 Å². The SMILES string of the molecule is CCC(C)(C)C(=O)OCC1COC(C)(C(C)C)O1. The summed E-state index contributed by atoms with van der Waals surface area (Å²) < 4.78 is 16.8. The van der Waals surface area contributed by atoms with E-state index in [0.29, 0.717) is 6.61 Å². The Morgan fingerprint density at radius 2 is 2.11 bits per heavy atom. The molecule has 1 saturated heterocycles. The molecule has 1 heterocycles. The van der Waals surface area contributed by atoms with Crippen molar-refractivity contribution in [2.24, 2.45) is 11.3 Å². The number of rotatable bonds is 5. The first-order chi connectivity index (χ1) is 8.21. The van der Waals surface area contributed by atoms with Crippen LogP contribution in [0.4, 0.5) is 0 Å². The largest absolute Gasteiger partial charge is 0.462 e. The van der Waals surface area contributed by atoms with Gasteiger partial charge in [-0.05, 0) is 27.2 Å². The summed E-state index contributed by atoms with van der Waals surface area (Å²) in [6.45, 7) is 12.5. The Morgan fingerprint density at radius 3 is 2.56 bits per heavy atom. The van der Waals surface area contributed by atoms with Gasteiger partial charge in [-0.1, -0.05) is 20.8 Å². The zero-order valence-corrected chi connectivity index (χ0v) is 12.4. The Balaban J connectivity index is 2.41. The van der Waals surface area contributed by atoms with Crippen LogP contribution in [0.25, 0.3) is 0 Å². The third-order valence-electron chi connectivity index (χ3n) is 3.84. The minimum Gasteiger partial charge on any atom is -0.462 e. The molecule has 0 amide bonds. The van der Waals surface area contributed by atoms with Crippen LogP contribution < -0.4 is 0 Å². The van der Waals surface area contributed by atoms with Crippen molar-refractivity contribution in [1.29, 1.82) is 0 Å². The fourth-order valence-electron chi connectivity index (χ4n) is 1.55. The Bertz CT molecular complexity index is 298. The maximum atomic E-state index is 11.8. The molecule has 2 unspecified atom stereocenters. The minimum absolute atomic E-state index is 0.158. The van der Waals surface area contributed by atoms with Gasteiger partial charge in [0.2, 0.25) is 0 Å². The summed E-state index contributed by atoms with van der Waals surface area (Å²) in [5.74, 6) is -0.464. The lowest BCUT2D eigenvalue weighted by Gasteiger charge is -2.27. The molecule has 1 fully saturated rings. The first kappa shape index (κ1) is 15.4. The summed E-state index contributed by atoms with van der Waals surface area (Å²) >= 11 is 0. The van der Waals surface area contributed by atoms with Gasteiger partial charge >= 0.3 is 5.97 Å². The number of carbonyl (C=O) groups excluding carboxylic acids is 1. The molecule has 18 heavy (non-hydrogen) atoms. The Morgan fingerprint density at radius 1 is 1.50 bits per heavy atom. The number of esters is 1. The van der Waals surface area contributed by atoms with Crippen LogP contribution >= 0.6 is 0 Å². The summed E-state index contributed by atoms with van der Waals surface area (Å²) in [5.41, 5.74) is -0.430. The first-order valence-corrected chi connectivity index (χ1v) is 6.70. The van der Waals surface area contributed by atoms with Gasteiger partial charge in [0.05, 0.1) is 12.0 Å². The molecule has 0 aliphatic carbocycles. The highest BCUT2D eigenvalue weighted by atomic mass is 16.8. The molecule has 2 atom stereocenters. The Labute approximate surface area is 110 Å². The summed E-state index contributed by atoms with van der Waals surface area (Å²) in [4.78, 5) is 11.8. The predicted octanol–water partition coefficient (Wildman–Crippen LogP) is 2.75. The van der Waals surface area contributed by atoms with E-state index in [2.05, 4.69) is 13.8 Å². The topological polar surface area (TPSA) is 44.8 Å². The smallest absolute Gasteiger partial charge is 0.311 e. The van der Waals surface area contributed by atoms with Crippen LogP contribution in [-0.4, -0.2) is 31.1 Å². The zero-order valence-electron chi connectivity index (χ0n) is 12.4. The van der Waals surface area contributed by atoms with E-state index >= 15 is 0 Å². The molecule has 0 saturated carbocycles. The molecular formula is C14H26O4. The average molecular weight is 258 g/mol. The summed E-state index contributed by atoms with van der Waals surface area (Å²) in [6.07, 6.45) is 0.603. The zero-order chi connectivity index (χ0) is 14.0. The lowest BCUT2D eigenvalue weighted by atomic mass is 9.91. The van der Waals surface area contributed by atoms with Gasteiger partial charge in [0, 0.05) is 5.92 Å². The average Bonchev–Trinajstić information content (AvgIpc) is 2.69. The van der Waals surface area contributed by atoms with Crippen LogP contribution in [-0.2, 0) is 19.0 Å². The van der Waals surface area contributed by atoms with E-state index in [1.807, 2.05) is 27.7 Å². The van der Waals surface area contributed by atoms with E-state index in [-0.39, 0.29) is 24.6 Å². The Hall–Kier alpha value is -0.610. The molecule has 4 heteroatoms. The van der Waals surface area contributed by atoms with Crippen molar-refractivity contribution in [3.63, 3.8) is 0 Å². The molecule has 106 valence electrons. The summed E-state index contributed by atoms with van der Waals surface area (Å²) in [6, 6.07) is 0. The van der Waals surface area contributed by atoms with E-state index < -0.39 is 11.2 Å². The lowest BCUT2D eigenvalue weighted by molar-refractivity contribution is -0.190. The predicted molar refractivity (Wildman–Crippen MR) is 69.1 cm³/mol. The van der Waals surface area contributed by atoms with Crippen molar-refractivity contribution in [2.45, 2.75) is 59.9 Å². The van der Waals surface area contributed by atoms with E-state index in [1.165, 1.54) is 0 Å². The van der Waals surface area contributed by atoms with E-state index in [1.54, 1.807) is 0 Å². The highest BCUT2D eigenvalue weighted by Gasteiger charge is 2.40. The molecule has 0 N–H and O–H groups in total. The van der Waals surface area contributed by atoms with Crippen molar-refractivity contribution in [3.8, 4) is 0 Å². The molecule has 0 aromatic rings. The molecular weight excluding hydrogens is 232 g/mol. The molecule has 0 aromatic carbocycles.